The Labute approximate surface area is 167 Å². The number of anilines is 1. The maximum absolute atomic E-state index is 14.3. The summed E-state index contributed by atoms with van der Waals surface area (Å²) in [5.74, 6) is -0.855. The molecule has 4 nitrogen and oxygen atoms in total. The Morgan fingerprint density at radius 1 is 1.00 bits per heavy atom. The number of aromatic amines is 1. The van der Waals surface area contributed by atoms with Crippen molar-refractivity contribution in [2.24, 2.45) is 0 Å². The Morgan fingerprint density at radius 2 is 1.69 bits per heavy atom. The van der Waals surface area contributed by atoms with E-state index >= 15 is 0 Å². The van der Waals surface area contributed by atoms with Gasteiger partial charge in [-0.15, -0.1) is 0 Å². The van der Waals surface area contributed by atoms with Crippen molar-refractivity contribution in [3.8, 4) is 0 Å². The van der Waals surface area contributed by atoms with Crippen LogP contribution in [0.15, 0.2) is 72.8 Å². The van der Waals surface area contributed by atoms with E-state index in [4.69, 9.17) is 0 Å². The van der Waals surface area contributed by atoms with Gasteiger partial charge in [-0.3, -0.25) is 4.79 Å². The number of nitrogens with zero attached hydrogens (tertiary/aromatic N) is 1. The van der Waals surface area contributed by atoms with E-state index < -0.39 is 11.5 Å². The second-order valence-corrected chi connectivity index (χ2v) is 7.38. The average Bonchev–Trinajstić information content (AvgIpc) is 3.17. The normalized spacial score (nSPS) is 18.4. The number of carbonyl (C=O) groups excluding carboxylic acids is 1. The molecule has 3 aromatic carbocycles. The third-order valence-electron chi connectivity index (χ3n) is 5.68. The summed E-state index contributed by atoms with van der Waals surface area (Å²) in [4.78, 5) is 18.4. The van der Waals surface area contributed by atoms with Crippen molar-refractivity contribution in [3.05, 3.63) is 101 Å². The molecule has 2 N–H and O–H groups in total. The van der Waals surface area contributed by atoms with Crippen LogP contribution in [0.3, 0.4) is 0 Å². The van der Waals surface area contributed by atoms with Crippen molar-refractivity contribution in [1.29, 1.82) is 0 Å². The number of hydrogen-bond acceptors (Lipinski definition) is 2. The molecule has 1 atom stereocenters. The highest BCUT2D eigenvalue weighted by molar-refractivity contribution is 6.11. The van der Waals surface area contributed by atoms with Crippen LogP contribution in [0.5, 0.6) is 0 Å². The second kappa shape index (κ2) is 6.29. The summed E-state index contributed by atoms with van der Waals surface area (Å²) >= 11 is 0. The van der Waals surface area contributed by atoms with E-state index in [0.717, 1.165) is 16.6 Å². The molecule has 0 unspecified atom stereocenters. The average molecular weight is 386 g/mol. The molecule has 29 heavy (non-hydrogen) atoms. The fourth-order valence-electron chi connectivity index (χ4n) is 4.37. The van der Waals surface area contributed by atoms with Crippen molar-refractivity contribution in [2.75, 3.05) is 4.90 Å². The standard InChI is InChI=1S/C24H19FN2O2/c1-15-22(17-9-3-6-12-20(17)26-15)24(29)18-10-4-7-13-21(18)27(23(24)28)14-16-8-2-5-11-19(16)25/h2-13,26,29H,14H2,1H3/t24-/m1/s1. The van der Waals surface area contributed by atoms with E-state index in [0.29, 0.717) is 22.4 Å². The number of aryl methyl sites for hydroxylation is 1. The zero-order valence-electron chi connectivity index (χ0n) is 15.8. The number of aromatic nitrogens is 1. The van der Waals surface area contributed by atoms with Crippen molar-refractivity contribution in [1.82, 2.24) is 4.98 Å². The van der Waals surface area contributed by atoms with Crippen LogP contribution in [0.25, 0.3) is 10.9 Å². The summed E-state index contributed by atoms with van der Waals surface area (Å²) in [6.45, 7) is 1.90. The Hall–Kier alpha value is -3.44. The molecule has 5 rings (SSSR count). The molecule has 4 aromatic rings. The number of halogens is 1. The third-order valence-corrected chi connectivity index (χ3v) is 5.68. The molecule has 0 spiro atoms. The fraction of sp³-hybridized carbons (Fsp3) is 0.125. The number of rotatable bonds is 3. The summed E-state index contributed by atoms with van der Waals surface area (Å²) < 4.78 is 14.3. The largest absolute Gasteiger partial charge is 0.372 e. The summed E-state index contributed by atoms with van der Waals surface area (Å²) in [5.41, 5.74) is 1.78. The van der Waals surface area contributed by atoms with Crippen molar-refractivity contribution >= 4 is 22.5 Å². The van der Waals surface area contributed by atoms with Gasteiger partial charge in [-0.2, -0.15) is 0 Å². The first-order chi connectivity index (χ1) is 14.0. The molecule has 1 aromatic heterocycles. The number of carbonyl (C=O) groups is 1. The number of nitrogens with one attached hydrogen (secondary N) is 1. The number of aliphatic hydroxyl groups is 1. The zero-order valence-corrected chi connectivity index (χ0v) is 15.8. The first-order valence-corrected chi connectivity index (χ1v) is 9.47. The zero-order chi connectivity index (χ0) is 20.2. The summed E-state index contributed by atoms with van der Waals surface area (Å²) in [5, 5.41) is 12.7. The van der Waals surface area contributed by atoms with E-state index in [2.05, 4.69) is 4.98 Å². The molecule has 1 aliphatic heterocycles. The fourth-order valence-corrected chi connectivity index (χ4v) is 4.37. The van der Waals surface area contributed by atoms with Gasteiger partial charge < -0.3 is 15.0 Å². The van der Waals surface area contributed by atoms with Gasteiger partial charge in [-0.25, -0.2) is 4.39 Å². The van der Waals surface area contributed by atoms with Crippen molar-refractivity contribution in [2.45, 2.75) is 19.1 Å². The van der Waals surface area contributed by atoms with Gasteiger partial charge in [-0.05, 0) is 25.1 Å². The number of hydrogen-bond donors (Lipinski definition) is 2. The van der Waals surface area contributed by atoms with E-state index in [1.165, 1.54) is 11.0 Å². The quantitative estimate of drug-likeness (QED) is 0.548. The molecule has 0 saturated carbocycles. The topological polar surface area (TPSA) is 56.3 Å². The predicted octanol–water partition coefficient (Wildman–Crippen LogP) is 4.40. The van der Waals surface area contributed by atoms with Crippen LogP contribution in [0.4, 0.5) is 10.1 Å². The molecule has 2 heterocycles. The van der Waals surface area contributed by atoms with E-state index in [1.807, 2.05) is 37.3 Å². The molecule has 1 amide bonds. The first-order valence-electron chi connectivity index (χ1n) is 9.47. The smallest absolute Gasteiger partial charge is 0.268 e. The van der Waals surface area contributed by atoms with Crippen LogP contribution in [0.1, 0.15) is 22.4 Å². The lowest BCUT2D eigenvalue weighted by atomic mass is 9.85. The molecule has 0 saturated heterocycles. The first kappa shape index (κ1) is 17.6. The second-order valence-electron chi connectivity index (χ2n) is 7.38. The lowest BCUT2D eigenvalue weighted by Gasteiger charge is -2.24. The van der Waals surface area contributed by atoms with Crippen LogP contribution in [0, 0.1) is 12.7 Å². The number of benzene rings is 3. The van der Waals surface area contributed by atoms with Gasteiger partial charge in [0.25, 0.3) is 5.91 Å². The number of amides is 1. The molecular weight excluding hydrogens is 367 g/mol. The minimum absolute atomic E-state index is 0.0479. The Morgan fingerprint density at radius 3 is 2.52 bits per heavy atom. The van der Waals surface area contributed by atoms with Crippen LogP contribution in [-0.4, -0.2) is 16.0 Å². The molecule has 144 valence electrons. The SMILES string of the molecule is Cc1[nH]c2ccccc2c1[C@@]1(O)C(=O)N(Cc2ccccc2F)c2ccccc21. The van der Waals surface area contributed by atoms with Crippen LogP contribution >= 0.6 is 0 Å². The Bertz CT molecular complexity index is 1260. The van der Waals surface area contributed by atoms with Gasteiger partial charge in [0.2, 0.25) is 0 Å². The number of H-pyrrole nitrogens is 1. The summed E-state index contributed by atoms with van der Waals surface area (Å²) in [6, 6.07) is 21.1. The van der Waals surface area contributed by atoms with Crippen molar-refractivity contribution in [3.63, 3.8) is 0 Å². The van der Waals surface area contributed by atoms with Gasteiger partial charge in [0.05, 0.1) is 12.2 Å². The molecular formula is C24H19FN2O2. The van der Waals surface area contributed by atoms with Gasteiger partial charge in [0, 0.05) is 33.3 Å². The molecule has 0 radical (unpaired) electrons. The minimum Gasteiger partial charge on any atom is -0.372 e. The summed E-state index contributed by atoms with van der Waals surface area (Å²) in [6.07, 6.45) is 0. The molecule has 0 aliphatic carbocycles. The molecule has 5 heteroatoms. The van der Waals surface area contributed by atoms with Crippen molar-refractivity contribution < 1.29 is 14.3 Å². The molecule has 0 fully saturated rings. The highest BCUT2D eigenvalue weighted by Gasteiger charge is 2.52. The van der Waals surface area contributed by atoms with Gasteiger partial charge >= 0.3 is 0 Å². The maximum atomic E-state index is 14.3. The van der Waals surface area contributed by atoms with Crippen LogP contribution in [-0.2, 0) is 16.9 Å². The molecule has 0 bridgehead atoms. The summed E-state index contributed by atoms with van der Waals surface area (Å²) in [7, 11) is 0. The van der Waals surface area contributed by atoms with Gasteiger partial charge in [0.15, 0.2) is 5.60 Å². The lowest BCUT2D eigenvalue weighted by Crippen LogP contribution is -2.41. The highest BCUT2D eigenvalue weighted by atomic mass is 19.1. The monoisotopic (exact) mass is 386 g/mol. The van der Waals surface area contributed by atoms with Crippen LogP contribution < -0.4 is 4.90 Å². The minimum atomic E-state index is -1.84. The Balaban J connectivity index is 1.71. The lowest BCUT2D eigenvalue weighted by molar-refractivity contribution is -0.132. The maximum Gasteiger partial charge on any atom is 0.268 e. The van der Waals surface area contributed by atoms with Gasteiger partial charge in [-0.1, -0.05) is 54.6 Å². The molecule has 1 aliphatic rings. The van der Waals surface area contributed by atoms with E-state index in [9.17, 15) is 14.3 Å². The van der Waals surface area contributed by atoms with Gasteiger partial charge in [0.1, 0.15) is 5.82 Å². The predicted molar refractivity (Wildman–Crippen MR) is 110 cm³/mol. The van der Waals surface area contributed by atoms with E-state index in [1.54, 1.807) is 36.4 Å². The third kappa shape index (κ3) is 2.44. The highest BCUT2D eigenvalue weighted by Crippen LogP contribution is 2.47. The van der Waals surface area contributed by atoms with E-state index in [-0.39, 0.29) is 12.4 Å². The number of para-hydroxylation sites is 2. The number of fused-ring (bicyclic) bond motifs is 2. The Kier molecular flexibility index (Phi) is 3.83. The van der Waals surface area contributed by atoms with Crippen LogP contribution in [0.2, 0.25) is 0 Å².